The quantitative estimate of drug-likeness (QED) is 0.568. The van der Waals surface area contributed by atoms with Gasteiger partial charge in [-0.3, -0.25) is 4.79 Å². The number of benzene rings is 1. The Morgan fingerprint density at radius 1 is 1.15 bits per heavy atom. The van der Waals surface area contributed by atoms with E-state index >= 15 is 0 Å². The zero-order valence-electron chi connectivity index (χ0n) is 10.9. The second kappa shape index (κ2) is 4.41. The fourth-order valence-electron chi connectivity index (χ4n) is 2.25. The van der Waals surface area contributed by atoms with Gasteiger partial charge in [-0.2, -0.15) is 0 Å². The Kier molecular flexibility index (Phi) is 2.71. The number of nitrogens with one attached hydrogen (secondary N) is 1. The monoisotopic (exact) mass is 269 g/mol. The number of hydrogen-bond donors (Lipinski definition) is 1. The smallest absolute Gasteiger partial charge is 0.359 e. The molecule has 0 aliphatic rings. The van der Waals surface area contributed by atoms with Gasteiger partial charge in [0.2, 0.25) is 0 Å². The topological polar surface area (TPSA) is 84.9 Å². The van der Waals surface area contributed by atoms with Crippen molar-refractivity contribution in [1.82, 2.24) is 15.2 Å². The molecule has 0 unspecified atom stereocenters. The van der Waals surface area contributed by atoms with Crippen LogP contribution < -0.4 is 0 Å². The molecule has 3 aromatic rings. The van der Waals surface area contributed by atoms with Crippen molar-refractivity contribution in [3.05, 3.63) is 35.7 Å². The lowest BCUT2D eigenvalue weighted by atomic mass is 10.1. The molecule has 0 radical (unpaired) electrons. The number of esters is 1. The number of ketones is 1. The van der Waals surface area contributed by atoms with Crippen molar-refractivity contribution in [2.75, 3.05) is 7.11 Å². The largest absolute Gasteiger partial charge is 0.464 e. The standard InChI is InChI=1S/C14H11N3O3/c1-7(18)11-12-10(13(17-16-11)14(19)20-2)8-5-3-4-6-9(8)15-12/h3-6,15H,1-2H3. The molecule has 3 rings (SSSR count). The number of methoxy groups -OCH3 is 1. The molecule has 1 N–H and O–H groups in total. The van der Waals surface area contributed by atoms with Crippen LogP contribution in [0.5, 0.6) is 0 Å². The number of nitrogens with zero attached hydrogens (tertiary/aromatic N) is 2. The van der Waals surface area contributed by atoms with Crippen LogP contribution in [0.4, 0.5) is 0 Å². The van der Waals surface area contributed by atoms with Gasteiger partial charge in [0, 0.05) is 23.2 Å². The SMILES string of the molecule is COC(=O)c1nnc(C(C)=O)c2[nH]c3ccccc3c12. The number of ether oxygens (including phenoxy) is 1. The van der Waals surface area contributed by atoms with E-state index < -0.39 is 5.97 Å². The molecular weight excluding hydrogens is 258 g/mol. The fraction of sp³-hybridized carbons (Fsp3) is 0.143. The van der Waals surface area contributed by atoms with E-state index in [1.54, 1.807) is 0 Å². The molecule has 0 fully saturated rings. The number of fused-ring (bicyclic) bond motifs is 3. The maximum atomic E-state index is 11.8. The number of hydrogen-bond acceptors (Lipinski definition) is 5. The highest BCUT2D eigenvalue weighted by atomic mass is 16.5. The molecule has 0 aliphatic heterocycles. The lowest BCUT2D eigenvalue weighted by molar-refractivity contribution is 0.0595. The predicted molar refractivity (Wildman–Crippen MR) is 72.7 cm³/mol. The van der Waals surface area contributed by atoms with E-state index in [-0.39, 0.29) is 17.2 Å². The van der Waals surface area contributed by atoms with E-state index in [2.05, 4.69) is 15.2 Å². The molecule has 2 heterocycles. The molecule has 0 saturated carbocycles. The van der Waals surface area contributed by atoms with Gasteiger partial charge >= 0.3 is 5.97 Å². The maximum absolute atomic E-state index is 11.8. The third-order valence-electron chi connectivity index (χ3n) is 3.14. The Labute approximate surface area is 113 Å². The van der Waals surface area contributed by atoms with Crippen molar-refractivity contribution in [3.63, 3.8) is 0 Å². The molecule has 1 aromatic carbocycles. The van der Waals surface area contributed by atoms with E-state index in [1.165, 1.54) is 14.0 Å². The molecule has 2 aromatic heterocycles. The number of rotatable bonds is 2. The number of carbonyl (C=O) groups is 2. The molecule has 0 spiro atoms. The second-order valence-electron chi connectivity index (χ2n) is 4.37. The highest BCUT2D eigenvalue weighted by Crippen LogP contribution is 2.29. The third-order valence-corrected chi connectivity index (χ3v) is 3.14. The Morgan fingerprint density at radius 3 is 2.55 bits per heavy atom. The summed E-state index contributed by atoms with van der Waals surface area (Å²) in [7, 11) is 1.28. The van der Waals surface area contributed by atoms with Crippen LogP contribution in [0.25, 0.3) is 21.8 Å². The van der Waals surface area contributed by atoms with Gasteiger partial charge in [0.25, 0.3) is 0 Å². The van der Waals surface area contributed by atoms with E-state index in [4.69, 9.17) is 4.74 Å². The van der Waals surface area contributed by atoms with Crippen LogP contribution in [0, 0.1) is 0 Å². The summed E-state index contributed by atoms with van der Waals surface area (Å²) < 4.78 is 4.72. The van der Waals surface area contributed by atoms with Crippen molar-refractivity contribution in [1.29, 1.82) is 0 Å². The third kappa shape index (κ3) is 1.65. The number of aromatic amines is 1. The summed E-state index contributed by atoms with van der Waals surface area (Å²) in [5.74, 6) is -0.798. The van der Waals surface area contributed by atoms with Gasteiger partial charge in [-0.15, -0.1) is 10.2 Å². The minimum absolute atomic E-state index is 0.102. The summed E-state index contributed by atoms with van der Waals surface area (Å²) in [5, 5.41) is 9.06. The Balaban J connectivity index is 2.51. The Morgan fingerprint density at radius 2 is 1.85 bits per heavy atom. The number of Topliss-reactive ketones (excluding diaryl/α,β-unsaturated/α-hetero) is 1. The predicted octanol–water partition coefficient (Wildman–Crippen LogP) is 2.10. The summed E-state index contributed by atoms with van der Waals surface area (Å²) in [6, 6.07) is 7.43. The molecule has 100 valence electrons. The summed E-state index contributed by atoms with van der Waals surface area (Å²) in [6.45, 7) is 1.41. The van der Waals surface area contributed by atoms with Crippen molar-refractivity contribution < 1.29 is 14.3 Å². The molecule has 20 heavy (non-hydrogen) atoms. The first kappa shape index (κ1) is 12.3. The van der Waals surface area contributed by atoms with Crippen molar-refractivity contribution in [3.8, 4) is 0 Å². The molecule has 0 atom stereocenters. The lowest BCUT2D eigenvalue weighted by Gasteiger charge is -2.02. The van der Waals surface area contributed by atoms with Gasteiger partial charge in [-0.1, -0.05) is 18.2 Å². The highest BCUT2D eigenvalue weighted by molar-refractivity contribution is 6.19. The van der Waals surface area contributed by atoms with Crippen molar-refractivity contribution >= 4 is 33.6 Å². The number of H-pyrrole nitrogens is 1. The minimum Gasteiger partial charge on any atom is -0.464 e. The molecule has 0 aliphatic carbocycles. The highest BCUT2D eigenvalue weighted by Gasteiger charge is 2.21. The van der Waals surface area contributed by atoms with Crippen LogP contribution >= 0.6 is 0 Å². The number of aromatic nitrogens is 3. The zero-order valence-corrected chi connectivity index (χ0v) is 10.9. The maximum Gasteiger partial charge on any atom is 0.359 e. The molecule has 0 saturated heterocycles. The molecule has 6 nitrogen and oxygen atoms in total. The minimum atomic E-state index is -0.581. The van der Waals surface area contributed by atoms with Gasteiger partial charge in [0.1, 0.15) is 0 Å². The molecule has 0 bridgehead atoms. The summed E-state index contributed by atoms with van der Waals surface area (Å²) in [4.78, 5) is 26.6. The van der Waals surface area contributed by atoms with E-state index in [0.29, 0.717) is 10.9 Å². The van der Waals surface area contributed by atoms with Crippen LogP contribution in [-0.4, -0.2) is 34.0 Å². The first-order valence-electron chi connectivity index (χ1n) is 6.00. The van der Waals surface area contributed by atoms with Crippen LogP contribution in [0.2, 0.25) is 0 Å². The van der Waals surface area contributed by atoms with Crippen LogP contribution in [-0.2, 0) is 4.74 Å². The normalized spacial score (nSPS) is 10.9. The zero-order chi connectivity index (χ0) is 14.3. The molecular formula is C14H11N3O3. The van der Waals surface area contributed by atoms with Gasteiger partial charge < -0.3 is 9.72 Å². The van der Waals surface area contributed by atoms with E-state index in [1.807, 2.05) is 24.3 Å². The van der Waals surface area contributed by atoms with Gasteiger partial charge in [0.05, 0.1) is 12.6 Å². The Bertz CT molecular complexity index is 851. The van der Waals surface area contributed by atoms with Crippen molar-refractivity contribution in [2.45, 2.75) is 6.92 Å². The first-order chi connectivity index (χ1) is 9.63. The summed E-state index contributed by atoms with van der Waals surface area (Å²) in [6.07, 6.45) is 0. The Hall–Kier alpha value is -2.76. The number of carbonyl (C=O) groups excluding carboxylic acids is 2. The first-order valence-corrected chi connectivity index (χ1v) is 6.00. The van der Waals surface area contributed by atoms with Gasteiger partial charge in [0.15, 0.2) is 17.2 Å². The summed E-state index contributed by atoms with van der Waals surface area (Å²) in [5.41, 5.74) is 1.63. The average molecular weight is 269 g/mol. The van der Waals surface area contributed by atoms with Crippen LogP contribution in [0.15, 0.2) is 24.3 Å². The summed E-state index contributed by atoms with van der Waals surface area (Å²) >= 11 is 0. The van der Waals surface area contributed by atoms with Gasteiger partial charge in [-0.05, 0) is 6.07 Å². The van der Waals surface area contributed by atoms with E-state index in [0.717, 1.165) is 10.9 Å². The molecule has 0 amide bonds. The lowest BCUT2D eigenvalue weighted by Crippen LogP contribution is -2.10. The molecule has 6 heteroatoms. The van der Waals surface area contributed by atoms with Gasteiger partial charge in [-0.25, -0.2) is 4.79 Å². The second-order valence-corrected chi connectivity index (χ2v) is 4.37. The van der Waals surface area contributed by atoms with E-state index in [9.17, 15) is 9.59 Å². The van der Waals surface area contributed by atoms with Crippen molar-refractivity contribution in [2.24, 2.45) is 0 Å². The number of para-hydroxylation sites is 1. The van der Waals surface area contributed by atoms with Crippen LogP contribution in [0.1, 0.15) is 27.9 Å². The fourth-order valence-corrected chi connectivity index (χ4v) is 2.25. The van der Waals surface area contributed by atoms with Crippen LogP contribution in [0.3, 0.4) is 0 Å². The average Bonchev–Trinajstić information content (AvgIpc) is 2.84.